The molecule has 0 amide bonds. The smallest absolute Gasteiger partial charge is 0.150 e. The molecule has 1 aromatic carbocycles. The summed E-state index contributed by atoms with van der Waals surface area (Å²) in [6.07, 6.45) is 0.359. The van der Waals surface area contributed by atoms with Crippen LogP contribution in [-0.2, 0) is 9.84 Å². The summed E-state index contributed by atoms with van der Waals surface area (Å²) in [6, 6.07) is 5.78. The van der Waals surface area contributed by atoms with Crippen LogP contribution in [0.2, 0.25) is 0 Å². The molecule has 1 N–H and O–H groups in total. The van der Waals surface area contributed by atoms with Crippen molar-refractivity contribution in [1.82, 2.24) is 0 Å². The molecule has 1 aromatic rings. The van der Waals surface area contributed by atoms with Gasteiger partial charge >= 0.3 is 0 Å². The summed E-state index contributed by atoms with van der Waals surface area (Å²) in [4.78, 5) is 0. The van der Waals surface area contributed by atoms with Crippen molar-refractivity contribution in [3.8, 4) is 0 Å². The highest BCUT2D eigenvalue weighted by atomic mass is 32.2. The Hall–Kier alpha value is -0.940. The van der Waals surface area contributed by atoms with E-state index in [2.05, 4.69) is 0 Å². The average molecular weight is 260 g/mol. The van der Waals surface area contributed by atoms with Gasteiger partial charge in [-0.25, -0.2) is 12.8 Å². The molecule has 0 aliphatic carbocycles. The molecule has 0 aromatic heterocycles. The molecule has 0 spiro atoms. The molecule has 0 aliphatic heterocycles. The Morgan fingerprint density at radius 3 is 2.35 bits per heavy atom. The second kappa shape index (κ2) is 6.12. The Bertz CT molecular complexity index is 439. The van der Waals surface area contributed by atoms with Crippen LogP contribution in [0.1, 0.15) is 24.8 Å². The number of aliphatic hydroxyl groups is 1. The highest BCUT2D eigenvalue weighted by molar-refractivity contribution is 7.91. The number of sulfone groups is 1. The van der Waals surface area contributed by atoms with Crippen LogP contribution in [0.4, 0.5) is 4.39 Å². The van der Waals surface area contributed by atoms with Crippen molar-refractivity contribution in [3.63, 3.8) is 0 Å². The SMILES string of the molecule is CCS(=O)(=O)CCC(CO)c1ccc(F)cc1. The van der Waals surface area contributed by atoms with Crippen LogP contribution in [-0.4, -0.2) is 31.6 Å². The van der Waals surface area contributed by atoms with Crippen molar-refractivity contribution in [3.05, 3.63) is 35.6 Å². The first-order valence-electron chi connectivity index (χ1n) is 5.55. The molecule has 0 aliphatic rings. The maximum atomic E-state index is 12.7. The molecule has 1 atom stereocenters. The van der Waals surface area contributed by atoms with Gasteiger partial charge in [0.1, 0.15) is 15.7 Å². The Morgan fingerprint density at radius 1 is 1.29 bits per heavy atom. The molecule has 17 heavy (non-hydrogen) atoms. The molecule has 0 radical (unpaired) electrons. The fourth-order valence-corrected chi connectivity index (χ4v) is 2.50. The normalized spacial score (nSPS) is 13.6. The third-order valence-corrected chi connectivity index (χ3v) is 4.52. The van der Waals surface area contributed by atoms with Gasteiger partial charge in [0.15, 0.2) is 0 Å². The summed E-state index contributed by atoms with van der Waals surface area (Å²) in [7, 11) is -3.03. The minimum absolute atomic E-state index is 0.0477. The Kier molecular flexibility index (Phi) is 5.08. The summed E-state index contributed by atoms with van der Waals surface area (Å²) in [5.41, 5.74) is 0.764. The van der Waals surface area contributed by atoms with E-state index in [4.69, 9.17) is 0 Å². The summed E-state index contributed by atoms with van der Waals surface area (Å²) >= 11 is 0. The van der Waals surface area contributed by atoms with Crippen LogP contribution < -0.4 is 0 Å². The van der Waals surface area contributed by atoms with E-state index in [0.717, 1.165) is 5.56 Å². The summed E-state index contributed by atoms with van der Waals surface area (Å²) < 4.78 is 35.5. The van der Waals surface area contributed by atoms with E-state index in [0.29, 0.717) is 6.42 Å². The Balaban J connectivity index is 2.69. The fourth-order valence-electron chi connectivity index (χ4n) is 1.56. The van der Waals surface area contributed by atoms with E-state index in [9.17, 15) is 17.9 Å². The summed E-state index contributed by atoms with van der Waals surface area (Å²) in [5, 5.41) is 9.23. The Morgan fingerprint density at radius 2 is 1.88 bits per heavy atom. The lowest BCUT2D eigenvalue weighted by atomic mass is 9.97. The van der Waals surface area contributed by atoms with Gasteiger partial charge in [0.05, 0.1) is 5.75 Å². The minimum atomic E-state index is -3.03. The molecule has 96 valence electrons. The molecule has 0 saturated heterocycles. The van der Waals surface area contributed by atoms with Crippen LogP contribution in [0, 0.1) is 5.82 Å². The highest BCUT2D eigenvalue weighted by Crippen LogP contribution is 2.20. The van der Waals surface area contributed by atoms with Crippen LogP contribution >= 0.6 is 0 Å². The van der Waals surface area contributed by atoms with Gasteiger partial charge in [-0.2, -0.15) is 0 Å². The average Bonchev–Trinajstić information content (AvgIpc) is 2.32. The predicted octanol–water partition coefficient (Wildman–Crippen LogP) is 1.73. The molecule has 3 nitrogen and oxygen atoms in total. The lowest BCUT2D eigenvalue weighted by molar-refractivity contribution is 0.262. The topological polar surface area (TPSA) is 54.4 Å². The molecule has 1 unspecified atom stereocenters. The van der Waals surface area contributed by atoms with Crippen molar-refractivity contribution in [2.75, 3.05) is 18.1 Å². The standard InChI is InChI=1S/C12H17FO3S/c1-2-17(15,16)8-7-11(9-14)10-3-5-12(13)6-4-10/h3-6,11,14H,2,7-9H2,1H3. The van der Waals surface area contributed by atoms with Crippen molar-refractivity contribution >= 4 is 9.84 Å². The molecule has 5 heteroatoms. The zero-order chi connectivity index (χ0) is 12.9. The lowest BCUT2D eigenvalue weighted by Gasteiger charge is -2.14. The van der Waals surface area contributed by atoms with E-state index in [-0.39, 0.29) is 29.8 Å². The quantitative estimate of drug-likeness (QED) is 0.847. The fraction of sp³-hybridized carbons (Fsp3) is 0.500. The molecular formula is C12H17FO3S. The zero-order valence-corrected chi connectivity index (χ0v) is 10.6. The van der Waals surface area contributed by atoms with E-state index in [1.807, 2.05) is 0 Å². The molecular weight excluding hydrogens is 243 g/mol. The second-order valence-corrected chi connectivity index (χ2v) is 6.43. The maximum absolute atomic E-state index is 12.7. The number of halogens is 1. The lowest BCUT2D eigenvalue weighted by Crippen LogP contribution is -2.14. The molecule has 0 saturated carbocycles. The van der Waals surface area contributed by atoms with Crippen molar-refractivity contribution in [2.24, 2.45) is 0 Å². The van der Waals surface area contributed by atoms with Gasteiger partial charge in [0.25, 0.3) is 0 Å². The molecule has 0 heterocycles. The molecule has 0 bridgehead atoms. The van der Waals surface area contributed by atoms with Gasteiger partial charge in [-0.1, -0.05) is 19.1 Å². The zero-order valence-electron chi connectivity index (χ0n) is 9.77. The summed E-state index contributed by atoms with van der Waals surface area (Å²) in [5.74, 6) is -0.440. The van der Waals surface area contributed by atoms with E-state index < -0.39 is 9.84 Å². The van der Waals surface area contributed by atoms with Crippen LogP contribution in [0.25, 0.3) is 0 Å². The van der Waals surface area contributed by atoms with E-state index >= 15 is 0 Å². The second-order valence-electron chi connectivity index (χ2n) is 3.96. The van der Waals surface area contributed by atoms with Crippen molar-refractivity contribution < 1.29 is 17.9 Å². The van der Waals surface area contributed by atoms with Crippen molar-refractivity contribution in [1.29, 1.82) is 0 Å². The van der Waals surface area contributed by atoms with Crippen LogP contribution in [0.3, 0.4) is 0 Å². The number of benzene rings is 1. The first kappa shape index (κ1) is 14.1. The predicted molar refractivity (Wildman–Crippen MR) is 65.2 cm³/mol. The third-order valence-electron chi connectivity index (χ3n) is 2.78. The van der Waals surface area contributed by atoms with Gasteiger partial charge in [-0.3, -0.25) is 0 Å². The van der Waals surface area contributed by atoms with Crippen LogP contribution in [0.5, 0.6) is 0 Å². The van der Waals surface area contributed by atoms with Gasteiger partial charge < -0.3 is 5.11 Å². The van der Waals surface area contributed by atoms with Gasteiger partial charge in [-0.05, 0) is 24.1 Å². The molecule has 1 rings (SSSR count). The maximum Gasteiger partial charge on any atom is 0.150 e. The summed E-state index contributed by atoms with van der Waals surface area (Å²) in [6.45, 7) is 1.46. The van der Waals surface area contributed by atoms with E-state index in [1.54, 1.807) is 19.1 Å². The molecule has 0 fully saturated rings. The van der Waals surface area contributed by atoms with E-state index in [1.165, 1.54) is 12.1 Å². The third kappa shape index (κ3) is 4.44. The number of rotatable bonds is 6. The van der Waals surface area contributed by atoms with Gasteiger partial charge in [0.2, 0.25) is 0 Å². The number of hydrogen-bond acceptors (Lipinski definition) is 3. The van der Waals surface area contributed by atoms with Crippen LogP contribution in [0.15, 0.2) is 24.3 Å². The Labute approximate surface area is 101 Å². The first-order valence-corrected chi connectivity index (χ1v) is 7.37. The van der Waals surface area contributed by atoms with Gasteiger partial charge in [0, 0.05) is 18.3 Å². The number of aliphatic hydroxyl groups excluding tert-OH is 1. The minimum Gasteiger partial charge on any atom is -0.396 e. The first-order chi connectivity index (χ1) is 7.98. The van der Waals surface area contributed by atoms with Crippen molar-refractivity contribution in [2.45, 2.75) is 19.3 Å². The highest BCUT2D eigenvalue weighted by Gasteiger charge is 2.15. The monoisotopic (exact) mass is 260 g/mol. The van der Waals surface area contributed by atoms with Gasteiger partial charge in [-0.15, -0.1) is 0 Å². The largest absolute Gasteiger partial charge is 0.396 e. The number of hydrogen-bond donors (Lipinski definition) is 1.